The van der Waals surface area contributed by atoms with Crippen molar-refractivity contribution < 1.29 is 13.2 Å². The van der Waals surface area contributed by atoms with Gasteiger partial charge in [0.05, 0.1) is 11.9 Å². The Balaban J connectivity index is 2.09. The van der Waals surface area contributed by atoms with Crippen LogP contribution in [-0.4, -0.2) is 25.9 Å². The van der Waals surface area contributed by atoms with E-state index in [9.17, 15) is 8.42 Å². The molecule has 3 rings (SSSR count). The second-order valence-electron chi connectivity index (χ2n) is 6.38. The van der Waals surface area contributed by atoms with Crippen molar-refractivity contribution in [2.24, 2.45) is 16.7 Å². The van der Waals surface area contributed by atoms with E-state index in [1.165, 1.54) is 6.42 Å². The summed E-state index contributed by atoms with van der Waals surface area (Å²) in [6.07, 6.45) is 3.53. The van der Waals surface area contributed by atoms with Crippen LogP contribution >= 0.6 is 0 Å². The van der Waals surface area contributed by atoms with Crippen molar-refractivity contribution in [1.29, 1.82) is 0 Å². The van der Waals surface area contributed by atoms with Crippen molar-refractivity contribution in [3.63, 3.8) is 0 Å². The maximum Gasteiger partial charge on any atom is 0.140 e. The molecule has 2 bridgehead atoms. The third-order valence-electron chi connectivity index (χ3n) is 5.92. The minimum Gasteiger partial charge on any atom is -0.366 e. The summed E-state index contributed by atoms with van der Waals surface area (Å²) in [6.45, 7) is 6.58. The Labute approximate surface area is 98.5 Å². The van der Waals surface area contributed by atoms with Gasteiger partial charge >= 0.3 is 0 Å². The van der Waals surface area contributed by atoms with E-state index in [4.69, 9.17) is 4.74 Å². The molecule has 1 aliphatic heterocycles. The van der Waals surface area contributed by atoms with Crippen LogP contribution in [-0.2, 0) is 15.4 Å². The van der Waals surface area contributed by atoms with E-state index >= 15 is 0 Å². The summed E-state index contributed by atoms with van der Waals surface area (Å²) in [5, 5.41) is 0. The van der Waals surface area contributed by atoms with Gasteiger partial charge in [-0.1, -0.05) is 13.8 Å². The summed E-state index contributed by atoms with van der Waals surface area (Å²) < 4.78 is 28.3. The molecule has 16 heavy (non-hydrogen) atoms. The minimum absolute atomic E-state index is 0.102. The van der Waals surface area contributed by atoms with Gasteiger partial charge in [0.1, 0.15) is 16.3 Å². The van der Waals surface area contributed by atoms with Crippen LogP contribution in [0.4, 0.5) is 0 Å². The Hall–Kier alpha value is -0.0900. The molecule has 4 heteroatoms. The number of hydrogen-bond acceptors (Lipinski definition) is 3. The Kier molecular flexibility index (Phi) is 1.95. The normalized spacial score (nSPS) is 52.8. The van der Waals surface area contributed by atoms with Gasteiger partial charge in [-0.05, 0) is 37.5 Å². The van der Waals surface area contributed by atoms with Crippen molar-refractivity contribution in [1.82, 2.24) is 0 Å². The molecular weight excluding hydrogens is 224 g/mol. The van der Waals surface area contributed by atoms with Crippen LogP contribution in [0.25, 0.3) is 0 Å². The standard InChI is InChI=1S/C12H20O3S/c1-8-12(15-8)6-9-4-5-11(12,7-16(13)14)10(9,2)3/h8-9,16H,4-7H2,1-3H3/t8-,9?,11+,12?/m0/s1. The van der Waals surface area contributed by atoms with E-state index in [2.05, 4.69) is 20.8 Å². The molecule has 0 radical (unpaired) electrons. The number of rotatable bonds is 2. The van der Waals surface area contributed by atoms with Gasteiger partial charge in [0.25, 0.3) is 0 Å². The first-order chi connectivity index (χ1) is 7.36. The third kappa shape index (κ3) is 0.969. The van der Waals surface area contributed by atoms with E-state index in [1.807, 2.05) is 0 Å². The van der Waals surface area contributed by atoms with Gasteiger partial charge in [-0.2, -0.15) is 0 Å². The molecule has 1 spiro atoms. The van der Waals surface area contributed by atoms with Crippen LogP contribution in [0.1, 0.15) is 40.0 Å². The van der Waals surface area contributed by atoms with Crippen molar-refractivity contribution >= 4 is 10.7 Å². The van der Waals surface area contributed by atoms with Gasteiger partial charge < -0.3 is 4.74 Å². The smallest absolute Gasteiger partial charge is 0.140 e. The molecule has 92 valence electrons. The van der Waals surface area contributed by atoms with Crippen LogP contribution in [0.3, 0.4) is 0 Å². The predicted octanol–water partition coefficient (Wildman–Crippen LogP) is 1.58. The summed E-state index contributed by atoms with van der Waals surface area (Å²) in [4.78, 5) is 0. The number of hydrogen-bond donors (Lipinski definition) is 1. The van der Waals surface area contributed by atoms with Crippen molar-refractivity contribution in [3.8, 4) is 0 Å². The van der Waals surface area contributed by atoms with E-state index in [0.29, 0.717) is 11.7 Å². The molecule has 1 saturated heterocycles. The quantitative estimate of drug-likeness (QED) is 0.592. The lowest BCUT2D eigenvalue weighted by Crippen LogP contribution is -2.45. The highest BCUT2D eigenvalue weighted by atomic mass is 32.2. The molecule has 2 aliphatic carbocycles. The zero-order valence-electron chi connectivity index (χ0n) is 10.2. The van der Waals surface area contributed by atoms with Crippen LogP contribution in [0.2, 0.25) is 0 Å². The van der Waals surface area contributed by atoms with E-state index in [0.717, 1.165) is 12.8 Å². The first kappa shape index (κ1) is 11.0. The van der Waals surface area contributed by atoms with Gasteiger partial charge in [-0.3, -0.25) is 0 Å². The summed E-state index contributed by atoms with van der Waals surface area (Å²) in [5.41, 5.74) is -0.0960. The Morgan fingerprint density at radius 1 is 1.38 bits per heavy atom. The molecule has 3 fully saturated rings. The van der Waals surface area contributed by atoms with Crippen LogP contribution in [0.5, 0.6) is 0 Å². The zero-order valence-corrected chi connectivity index (χ0v) is 11.0. The van der Waals surface area contributed by atoms with Gasteiger partial charge in [-0.25, -0.2) is 8.42 Å². The lowest BCUT2D eigenvalue weighted by molar-refractivity contribution is 0.0741. The molecule has 3 aliphatic rings. The number of ether oxygens (including phenoxy) is 1. The van der Waals surface area contributed by atoms with E-state index in [1.54, 1.807) is 0 Å². The van der Waals surface area contributed by atoms with Crippen molar-refractivity contribution in [2.45, 2.75) is 51.7 Å². The zero-order chi connectivity index (χ0) is 11.8. The van der Waals surface area contributed by atoms with Gasteiger partial charge in [-0.15, -0.1) is 0 Å². The highest BCUT2D eigenvalue weighted by Crippen LogP contribution is 2.76. The number of thiol groups is 1. The number of fused-ring (bicyclic) bond motifs is 3. The topological polar surface area (TPSA) is 46.7 Å². The fraction of sp³-hybridized carbons (Fsp3) is 1.00. The minimum atomic E-state index is -2.32. The molecule has 2 saturated carbocycles. The maximum atomic E-state index is 11.2. The van der Waals surface area contributed by atoms with Crippen molar-refractivity contribution in [2.75, 3.05) is 5.75 Å². The van der Waals surface area contributed by atoms with E-state index in [-0.39, 0.29) is 22.5 Å². The summed E-state index contributed by atoms with van der Waals surface area (Å²) >= 11 is 0. The first-order valence-electron chi connectivity index (χ1n) is 6.15. The SMILES string of the molecule is C[C@@H]1OC12CC1CC[C@@]2(C[SH](=O)=O)C1(C)C. The second-order valence-corrected chi connectivity index (χ2v) is 7.37. The largest absolute Gasteiger partial charge is 0.366 e. The number of epoxide rings is 1. The molecule has 0 amide bonds. The highest BCUT2D eigenvalue weighted by Gasteiger charge is 2.79. The Morgan fingerprint density at radius 2 is 2.00 bits per heavy atom. The fourth-order valence-corrected chi connectivity index (χ4v) is 6.08. The fourth-order valence-electron chi connectivity index (χ4n) is 4.80. The molecule has 0 aromatic heterocycles. The summed E-state index contributed by atoms with van der Waals surface area (Å²) in [5.74, 6) is 0.961. The third-order valence-corrected chi connectivity index (χ3v) is 6.72. The summed E-state index contributed by atoms with van der Waals surface area (Å²) in [6, 6.07) is 0. The molecule has 0 aromatic carbocycles. The summed E-state index contributed by atoms with van der Waals surface area (Å²) in [7, 11) is -2.32. The molecule has 0 aromatic rings. The molecule has 1 heterocycles. The maximum absolute atomic E-state index is 11.2. The van der Waals surface area contributed by atoms with Gasteiger partial charge in [0, 0.05) is 5.41 Å². The predicted molar refractivity (Wildman–Crippen MR) is 62.0 cm³/mol. The lowest BCUT2D eigenvalue weighted by Gasteiger charge is -2.40. The molecule has 2 unspecified atom stereocenters. The Morgan fingerprint density at radius 3 is 2.44 bits per heavy atom. The van der Waals surface area contributed by atoms with Gasteiger partial charge in [0.15, 0.2) is 0 Å². The van der Waals surface area contributed by atoms with Crippen LogP contribution in [0.15, 0.2) is 0 Å². The van der Waals surface area contributed by atoms with Crippen molar-refractivity contribution in [3.05, 3.63) is 0 Å². The van der Waals surface area contributed by atoms with Crippen LogP contribution < -0.4 is 0 Å². The highest BCUT2D eigenvalue weighted by molar-refractivity contribution is 7.72. The molecule has 0 N–H and O–H groups in total. The average Bonchev–Trinajstić information content (AvgIpc) is 2.68. The lowest BCUT2D eigenvalue weighted by atomic mass is 9.65. The van der Waals surface area contributed by atoms with E-state index < -0.39 is 10.7 Å². The first-order valence-corrected chi connectivity index (χ1v) is 7.52. The monoisotopic (exact) mass is 244 g/mol. The average molecular weight is 244 g/mol. The Bertz CT molecular complexity index is 406. The van der Waals surface area contributed by atoms with Gasteiger partial charge in [0.2, 0.25) is 0 Å². The second kappa shape index (κ2) is 2.83. The van der Waals surface area contributed by atoms with Crippen LogP contribution in [0, 0.1) is 16.7 Å². The molecule has 4 atom stereocenters. The molecule has 3 nitrogen and oxygen atoms in total. The molecular formula is C12H20O3S.